The number of nitrogens with one attached hydrogen (secondary N) is 3. The molecule has 254 valence electrons. The Morgan fingerprint density at radius 3 is 2.12 bits per heavy atom. The van der Waals surface area contributed by atoms with Crippen molar-refractivity contribution in [1.82, 2.24) is 35.1 Å². The van der Waals surface area contributed by atoms with E-state index >= 15 is 0 Å². The number of aromatic amines is 2. The summed E-state index contributed by atoms with van der Waals surface area (Å²) in [6.07, 6.45) is 4.65. The molecular formula is C36H46N8O4. The zero-order valence-corrected chi connectivity index (χ0v) is 28.3. The molecule has 5 N–H and O–H groups in total. The van der Waals surface area contributed by atoms with Gasteiger partial charge in [0.25, 0.3) is 0 Å². The molecule has 2 fully saturated rings. The van der Waals surface area contributed by atoms with Crippen LogP contribution in [0.2, 0.25) is 0 Å². The van der Waals surface area contributed by atoms with Gasteiger partial charge in [0.05, 0.1) is 48.2 Å². The number of hydrogen-bond acceptors (Lipinski definition) is 7. The van der Waals surface area contributed by atoms with Crippen LogP contribution in [0.5, 0.6) is 0 Å². The Balaban J connectivity index is 1.17. The standard InChI is InChI=1S/C36H46N8O4/c1-20(2)30(37)34(45)43-16-6-8-28(43)32-38-19-27(41-32)23-12-10-22(11-13-23)24-14-15-25-26(18-24)40-33(39-25)29-9-7-17-44(29)35(46)31(21(3)4)42-36(47)48-5/h10-15,18-21,28-31H,6-9,16-17,37H2,1-5H3,(H,38,41)(H,39,40)(H,42,47)/t28-,29-,30-,31-/m0/s1. The van der Waals surface area contributed by atoms with Crippen molar-refractivity contribution >= 4 is 28.9 Å². The van der Waals surface area contributed by atoms with E-state index in [1.54, 1.807) is 0 Å². The molecule has 2 aromatic carbocycles. The Morgan fingerprint density at radius 1 is 0.854 bits per heavy atom. The zero-order valence-electron chi connectivity index (χ0n) is 28.3. The highest BCUT2D eigenvalue weighted by molar-refractivity contribution is 5.87. The lowest BCUT2D eigenvalue weighted by Gasteiger charge is -2.29. The van der Waals surface area contributed by atoms with Crippen molar-refractivity contribution in [2.75, 3.05) is 20.2 Å². The maximum Gasteiger partial charge on any atom is 0.407 e. The largest absolute Gasteiger partial charge is 0.453 e. The molecule has 0 saturated carbocycles. The average molecular weight is 655 g/mol. The highest BCUT2D eigenvalue weighted by Gasteiger charge is 2.38. The second-order valence-electron chi connectivity index (χ2n) is 13.6. The molecule has 12 heteroatoms. The van der Waals surface area contributed by atoms with E-state index in [1.807, 2.05) is 49.8 Å². The van der Waals surface area contributed by atoms with Crippen molar-refractivity contribution in [1.29, 1.82) is 0 Å². The fourth-order valence-corrected chi connectivity index (χ4v) is 6.85. The number of fused-ring (bicyclic) bond motifs is 1. The van der Waals surface area contributed by atoms with Crippen LogP contribution in [-0.2, 0) is 14.3 Å². The van der Waals surface area contributed by atoms with Gasteiger partial charge in [-0.05, 0) is 66.3 Å². The van der Waals surface area contributed by atoms with Gasteiger partial charge in [-0.3, -0.25) is 9.59 Å². The summed E-state index contributed by atoms with van der Waals surface area (Å²) in [6.45, 7) is 9.05. The highest BCUT2D eigenvalue weighted by atomic mass is 16.5. The number of aromatic nitrogens is 4. The number of amides is 3. The van der Waals surface area contributed by atoms with Gasteiger partial charge in [0, 0.05) is 13.1 Å². The molecule has 4 atom stereocenters. The average Bonchev–Trinajstić information content (AvgIpc) is 3.91. The number of rotatable bonds is 9. The summed E-state index contributed by atoms with van der Waals surface area (Å²) in [5.74, 6) is 1.37. The van der Waals surface area contributed by atoms with Crippen LogP contribution in [0, 0.1) is 11.8 Å². The number of H-pyrrole nitrogens is 2. The first kappa shape index (κ1) is 33.2. The third-order valence-electron chi connectivity index (χ3n) is 9.72. The monoisotopic (exact) mass is 654 g/mol. The molecule has 0 bridgehead atoms. The van der Waals surface area contributed by atoms with Crippen LogP contribution in [0.25, 0.3) is 33.4 Å². The van der Waals surface area contributed by atoms with Gasteiger partial charge in [0.15, 0.2) is 0 Å². The molecule has 6 rings (SSSR count). The first-order valence-electron chi connectivity index (χ1n) is 16.9. The van der Waals surface area contributed by atoms with E-state index < -0.39 is 18.2 Å². The molecule has 3 amide bonds. The van der Waals surface area contributed by atoms with Crippen molar-refractivity contribution < 1.29 is 19.1 Å². The summed E-state index contributed by atoms with van der Waals surface area (Å²) in [6, 6.07) is 12.9. The van der Waals surface area contributed by atoms with Gasteiger partial charge in [0.1, 0.15) is 17.7 Å². The number of carbonyl (C=O) groups excluding carboxylic acids is 3. The predicted octanol–water partition coefficient (Wildman–Crippen LogP) is 5.31. The Morgan fingerprint density at radius 2 is 1.48 bits per heavy atom. The van der Waals surface area contributed by atoms with Crippen molar-refractivity contribution in [3.8, 4) is 22.4 Å². The number of likely N-dealkylation sites (tertiary alicyclic amines) is 2. The van der Waals surface area contributed by atoms with Crippen LogP contribution >= 0.6 is 0 Å². The molecule has 0 unspecified atom stereocenters. The molecule has 0 radical (unpaired) electrons. The van der Waals surface area contributed by atoms with E-state index in [2.05, 4.69) is 56.7 Å². The van der Waals surface area contributed by atoms with E-state index in [0.29, 0.717) is 13.1 Å². The highest BCUT2D eigenvalue weighted by Crippen LogP contribution is 2.35. The van der Waals surface area contributed by atoms with Gasteiger partial charge < -0.3 is 35.6 Å². The Labute approximate surface area is 280 Å². The number of methoxy groups -OCH3 is 1. The third-order valence-corrected chi connectivity index (χ3v) is 9.72. The minimum absolute atomic E-state index is 0.0158. The normalized spacial score (nSPS) is 19.3. The summed E-state index contributed by atoms with van der Waals surface area (Å²) in [4.78, 5) is 58.7. The minimum atomic E-state index is -0.680. The van der Waals surface area contributed by atoms with Crippen LogP contribution in [0.15, 0.2) is 48.7 Å². The fraction of sp³-hybridized carbons (Fsp3) is 0.472. The number of carbonyl (C=O) groups is 3. The molecule has 0 spiro atoms. The van der Waals surface area contributed by atoms with Gasteiger partial charge in [-0.2, -0.15) is 0 Å². The lowest BCUT2D eigenvalue weighted by molar-refractivity contribution is -0.136. The van der Waals surface area contributed by atoms with Gasteiger partial charge in [-0.15, -0.1) is 0 Å². The number of benzene rings is 2. The smallest absolute Gasteiger partial charge is 0.407 e. The molecule has 4 aromatic rings. The Kier molecular flexibility index (Phi) is 9.54. The maximum absolute atomic E-state index is 13.6. The molecule has 48 heavy (non-hydrogen) atoms. The van der Waals surface area contributed by atoms with Crippen LogP contribution in [0.1, 0.15) is 77.1 Å². The lowest BCUT2D eigenvalue weighted by Crippen LogP contribution is -2.51. The molecule has 12 nitrogen and oxygen atoms in total. The van der Waals surface area contributed by atoms with E-state index in [4.69, 9.17) is 15.5 Å². The molecule has 2 aliphatic rings. The number of hydrogen-bond donors (Lipinski definition) is 4. The number of imidazole rings is 2. The summed E-state index contributed by atoms with van der Waals surface area (Å²) < 4.78 is 4.76. The molecule has 2 aromatic heterocycles. The fourth-order valence-electron chi connectivity index (χ4n) is 6.85. The Bertz CT molecular complexity index is 1780. The number of nitrogens with two attached hydrogens (primary N) is 1. The minimum Gasteiger partial charge on any atom is -0.453 e. The quantitative estimate of drug-likeness (QED) is 0.190. The van der Waals surface area contributed by atoms with Gasteiger partial charge in [0.2, 0.25) is 11.8 Å². The van der Waals surface area contributed by atoms with Gasteiger partial charge in [-0.1, -0.05) is 58.0 Å². The van der Waals surface area contributed by atoms with Crippen LogP contribution in [-0.4, -0.2) is 79.9 Å². The van der Waals surface area contributed by atoms with Crippen LogP contribution in [0.4, 0.5) is 4.79 Å². The van der Waals surface area contributed by atoms with Crippen LogP contribution < -0.4 is 11.1 Å². The topological polar surface area (TPSA) is 162 Å². The van der Waals surface area contributed by atoms with E-state index in [9.17, 15) is 14.4 Å². The molecule has 2 saturated heterocycles. The van der Waals surface area contributed by atoms with Crippen molar-refractivity contribution in [2.45, 2.75) is 77.5 Å². The van der Waals surface area contributed by atoms with Crippen LogP contribution in [0.3, 0.4) is 0 Å². The van der Waals surface area contributed by atoms with Gasteiger partial charge >= 0.3 is 6.09 Å². The number of alkyl carbamates (subject to hydrolysis) is 1. The summed E-state index contributed by atoms with van der Waals surface area (Å²) in [7, 11) is 1.29. The first-order chi connectivity index (χ1) is 23.0. The number of nitrogens with zero attached hydrogens (tertiary/aromatic N) is 4. The lowest BCUT2D eigenvalue weighted by atomic mass is 10.0. The second kappa shape index (κ2) is 13.8. The molecular weight excluding hydrogens is 608 g/mol. The zero-order chi connectivity index (χ0) is 34.1. The van der Waals surface area contributed by atoms with Crippen molar-refractivity contribution in [3.63, 3.8) is 0 Å². The van der Waals surface area contributed by atoms with E-state index in [-0.39, 0.29) is 35.7 Å². The number of ether oxygens (including phenoxy) is 1. The first-order valence-corrected chi connectivity index (χ1v) is 16.9. The van der Waals surface area contributed by atoms with Gasteiger partial charge in [-0.25, -0.2) is 14.8 Å². The molecule has 2 aliphatic heterocycles. The van der Waals surface area contributed by atoms with E-state index in [0.717, 1.165) is 70.7 Å². The van der Waals surface area contributed by atoms with E-state index in [1.165, 1.54) is 7.11 Å². The van der Waals surface area contributed by atoms with Crippen molar-refractivity contribution in [3.05, 3.63) is 60.3 Å². The third kappa shape index (κ3) is 6.53. The molecule has 4 heterocycles. The maximum atomic E-state index is 13.6. The summed E-state index contributed by atoms with van der Waals surface area (Å²) in [5, 5.41) is 2.70. The second-order valence-corrected chi connectivity index (χ2v) is 13.6. The summed E-state index contributed by atoms with van der Waals surface area (Å²) in [5.41, 5.74) is 11.9. The summed E-state index contributed by atoms with van der Waals surface area (Å²) >= 11 is 0. The predicted molar refractivity (Wildman–Crippen MR) is 183 cm³/mol. The molecule has 0 aliphatic carbocycles. The SMILES string of the molecule is COC(=O)N[C@H](C(=O)N1CCC[C@H]1c1nc2ccc(-c3ccc(-c4cnc([C@@H]5CCCN5C(=O)[C@@H](N)C(C)C)[nH]4)cc3)cc2[nH]1)C(C)C. The van der Waals surface area contributed by atoms with Crippen molar-refractivity contribution in [2.24, 2.45) is 17.6 Å². The Hall–Kier alpha value is -4.71.